The number of hydrogen-bond acceptors (Lipinski definition) is 4. The van der Waals surface area contributed by atoms with Crippen LogP contribution in [0, 0.1) is 0 Å². The van der Waals surface area contributed by atoms with E-state index in [0.717, 1.165) is 25.1 Å². The maximum absolute atomic E-state index is 12.0. The summed E-state index contributed by atoms with van der Waals surface area (Å²) in [7, 11) is -2.94. The maximum Gasteiger partial charge on any atom is 0.156 e. The van der Waals surface area contributed by atoms with Gasteiger partial charge in [0.25, 0.3) is 0 Å². The van der Waals surface area contributed by atoms with Gasteiger partial charge in [0.2, 0.25) is 0 Å². The van der Waals surface area contributed by atoms with E-state index in [4.69, 9.17) is 0 Å². The number of anilines is 1. The Hall–Kier alpha value is -1.07. The summed E-state index contributed by atoms with van der Waals surface area (Å²) in [5.41, 5.74) is 3.58. The van der Waals surface area contributed by atoms with Crippen LogP contribution in [0.2, 0.25) is 0 Å². The Morgan fingerprint density at radius 1 is 1.32 bits per heavy atom. The normalized spacial score (nSPS) is 31.5. The minimum absolute atomic E-state index is 0.208. The van der Waals surface area contributed by atoms with Crippen LogP contribution < -0.4 is 10.2 Å². The van der Waals surface area contributed by atoms with Crippen molar-refractivity contribution in [1.82, 2.24) is 5.32 Å². The number of piperidine rings is 1. The fraction of sp³-hybridized carbons (Fsp3) is 0.571. The van der Waals surface area contributed by atoms with Gasteiger partial charge in [-0.15, -0.1) is 0 Å². The smallest absolute Gasteiger partial charge is 0.156 e. The zero-order valence-corrected chi connectivity index (χ0v) is 11.6. The molecule has 3 aliphatic heterocycles. The molecular weight excluding hydrogens is 260 g/mol. The average molecular weight is 278 g/mol. The first kappa shape index (κ1) is 11.7. The Morgan fingerprint density at radius 2 is 2.21 bits per heavy atom. The minimum atomic E-state index is -2.94. The van der Waals surface area contributed by atoms with Gasteiger partial charge in [-0.1, -0.05) is 18.2 Å². The van der Waals surface area contributed by atoms with E-state index in [9.17, 15) is 8.42 Å². The van der Waals surface area contributed by atoms with Gasteiger partial charge in [0.05, 0.1) is 11.5 Å². The zero-order chi connectivity index (χ0) is 13.0. The van der Waals surface area contributed by atoms with Gasteiger partial charge in [0.15, 0.2) is 9.84 Å². The summed E-state index contributed by atoms with van der Waals surface area (Å²) in [5, 5.41) is 3.47. The Bertz CT molecular complexity index is 626. The lowest BCUT2D eigenvalue weighted by Gasteiger charge is -2.33. The second kappa shape index (κ2) is 3.96. The van der Waals surface area contributed by atoms with E-state index >= 15 is 0 Å². The molecule has 0 aliphatic carbocycles. The number of hydrogen-bond donors (Lipinski definition) is 1. The van der Waals surface area contributed by atoms with Gasteiger partial charge in [0.1, 0.15) is 0 Å². The van der Waals surface area contributed by atoms with Gasteiger partial charge in [-0.3, -0.25) is 0 Å². The molecule has 0 bridgehead atoms. The van der Waals surface area contributed by atoms with Crippen LogP contribution in [0.1, 0.15) is 23.5 Å². The van der Waals surface area contributed by atoms with Gasteiger partial charge >= 0.3 is 0 Å². The van der Waals surface area contributed by atoms with Crippen LogP contribution >= 0.6 is 0 Å². The molecule has 1 saturated heterocycles. The van der Waals surface area contributed by atoms with E-state index < -0.39 is 9.84 Å². The molecule has 5 heteroatoms. The maximum atomic E-state index is 12.0. The standard InChI is InChI=1S/C14H18N2O2S/c17-19(18)7-6-16-13-4-5-15-8-12(13)11-3-1-2-10(9-19)14(11)16/h1-3,12-13,15H,4-9H2/t12-,13-/m0/s1. The molecule has 1 aromatic rings. The molecule has 1 aromatic carbocycles. The first-order valence-electron chi connectivity index (χ1n) is 6.95. The van der Waals surface area contributed by atoms with E-state index in [0.29, 0.717) is 18.5 Å². The third-order valence-corrected chi connectivity index (χ3v) is 6.26. The summed E-state index contributed by atoms with van der Waals surface area (Å²) < 4.78 is 24.1. The highest BCUT2D eigenvalue weighted by Gasteiger charge is 2.42. The highest BCUT2D eigenvalue weighted by atomic mass is 32.2. The summed E-state index contributed by atoms with van der Waals surface area (Å²) in [5.74, 6) is 1.03. The van der Waals surface area contributed by atoms with Crippen LogP contribution in [0.4, 0.5) is 5.69 Å². The molecule has 102 valence electrons. The number of nitrogens with zero attached hydrogens (tertiary/aromatic N) is 1. The van der Waals surface area contributed by atoms with Crippen molar-refractivity contribution in [1.29, 1.82) is 0 Å². The molecule has 0 saturated carbocycles. The van der Waals surface area contributed by atoms with E-state index in [1.165, 1.54) is 11.3 Å². The summed E-state index contributed by atoms with van der Waals surface area (Å²) in [6.07, 6.45) is 1.11. The molecule has 0 spiro atoms. The first-order chi connectivity index (χ1) is 9.16. The summed E-state index contributed by atoms with van der Waals surface area (Å²) in [6.45, 7) is 2.71. The number of fused-ring (bicyclic) bond motifs is 3. The Labute approximate surface area is 113 Å². The molecule has 1 N–H and O–H groups in total. The molecule has 0 aromatic heterocycles. The lowest BCUT2D eigenvalue weighted by Crippen LogP contribution is -2.45. The number of benzene rings is 1. The SMILES string of the molecule is O=S1(=O)CCN2c3c(cccc3[C@@H]3CNCC[C@@H]32)C1. The Balaban J connectivity index is 1.90. The highest BCUT2D eigenvalue weighted by Crippen LogP contribution is 2.46. The number of rotatable bonds is 0. The number of nitrogens with one attached hydrogen (secondary N) is 1. The Kier molecular flexibility index (Phi) is 2.45. The highest BCUT2D eigenvalue weighted by molar-refractivity contribution is 7.90. The van der Waals surface area contributed by atoms with Gasteiger partial charge in [-0.2, -0.15) is 0 Å². The molecular formula is C14H18N2O2S. The molecule has 2 atom stereocenters. The summed E-state index contributed by atoms with van der Waals surface area (Å²) in [6, 6.07) is 6.68. The summed E-state index contributed by atoms with van der Waals surface area (Å²) in [4.78, 5) is 2.38. The fourth-order valence-electron chi connectivity index (χ4n) is 3.90. The molecule has 0 radical (unpaired) electrons. The van der Waals surface area contributed by atoms with E-state index in [2.05, 4.69) is 16.3 Å². The topological polar surface area (TPSA) is 49.4 Å². The molecule has 19 heavy (non-hydrogen) atoms. The molecule has 0 unspecified atom stereocenters. The largest absolute Gasteiger partial charge is 0.366 e. The number of sulfone groups is 1. The van der Waals surface area contributed by atoms with Crippen molar-refractivity contribution in [3.05, 3.63) is 29.3 Å². The van der Waals surface area contributed by atoms with Crippen LogP contribution in [0.5, 0.6) is 0 Å². The molecule has 3 aliphatic rings. The van der Waals surface area contributed by atoms with Crippen molar-refractivity contribution < 1.29 is 8.42 Å². The third kappa shape index (κ3) is 1.71. The van der Waals surface area contributed by atoms with Gasteiger partial charge in [-0.05, 0) is 24.1 Å². The van der Waals surface area contributed by atoms with Crippen molar-refractivity contribution in [2.75, 3.05) is 30.3 Å². The average Bonchev–Trinajstić information content (AvgIpc) is 2.63. The summed E-state index contributed by atoms with van der Waals surface area (Å²) >= 11 is 0. The van der Waals surface area contributed by atoms with Crippen molar-refractivity contribution in [3.63, 3.8) is 0 Å². The predicted octanol–water partition coefficient (Wildman–Crippen LogP) is 0.881. The first-order valence-corrected chi connectivity index (χ1v) is 8.77. The fourth-order valence-corrected chi connectivity index (χ4v) is 5.23. The number of para-hydroxylation sites is 1. The van der Waals surface area contributed by atoms with Gasteiger partial charge in [0, 0.05) is 30.7 Å². The molecule has 1 fully saturated rings. The monoisotopic (exact) mass is 278 g/mol. The van der Waals surface area contributed by atoms with Crippen molar-refractivity contribution in [2.24, 2.45) is 0 Å². The molecule has 0 amide bonds. The van der Waals surface area contributed by atoms with Gasteiger partial charge in [-0.25, -0.2) is 8.42 Å². The van der Waals surface area contributed by atoms with Crippen LogP contribution in [-0.2, 0) is 15.6 Å². The molecule has 3 heterocycles. The van der Waals surface area contributed by atoms with E-state index in [-0.39, 0.29) is 11.5 Å². The third-order valence-electron chi connectivity index (χ3n) is 4.70. The second-order valence-electron chi connectivity index (χ2n) is 5.81. The lowest BCUT2D eigenvalue weighted by atomic mass is 9.90. The van der Waals surface area contributed by atoms with Crippen molar-refractivity contribution in [2.45, 2.75) is 24.1 Å². The quantitative estimate of drug-likeness (QED) is 0.765. The van der Waals surface area contributed by atoms with E-state index in [1.807, 2.05) is 12.1 Å². The van der Waals surface area contributed by atoms with Crippen LogP contribution in [-0.4, -0.2) is 39.8 Å². The van der Waals surface area contributed by atoms with E-state index in [1.54, 1.807) is 0 Å². The van der Waals surface area contributed by atoms with Crippen LogP contribution in [0.25, 0.3) is 0 Å². The van der Waals surface area contributed by atoms with Crippen LogP contribution in [0.3, 0.4) is 0 Å². The van der Waals surface area contributed by atoms with Crippen molar-refractivity contribution >= 4 is 15.5 Å². The minimum Gasteiger partial charge on any atom is -0.366 e. The van der Waals surface area contributed by atoms with Crippen LogP contribution in [0.15, 0.2) is 18.2 Å². The molecule has 4 nitrogen and oxygen atoms in total. The Morgan fingerprint density at radius 3 is 3.11 bits per heavy atom. The predicted molar refractivity (Wildman–Crippen MR) is 75.3 cm³/mol. The molecule has 4 rings (SSSR count). The second-order valence-corrected chi connectivity index (χ2v) is 7.99. The van der Waals surface area contributed by atoms with Gasteiger partial charge < -0.3 is 10.2 Å². The lowest BCUT2D eigenvalue weighted by molar-refractivity contribution is 0.406. The van der Waals surface area contributed by atoms with Crippen molar-refractivity contribution in [3.8, 4) is 0 Å². The zero-order valence-electron chi connectivity index (χ0n) is 10.8.